The van der Waals surface area contributed by atoms with Gasteiger partial charge in [-0.2, -0.15) is 0 Å². The van der Waals surface area contributed by atoms with Crippen molar-refractivity contribution in [2.24, 2.45) is 5.41 Å². The van der Waals surface area contributed by atoms with Gasteiger partial charge in [0.1, 0.15) is 0 Å². The molecule has 4 aliphatic carbocycles. The van der Waals surface area contributed by atoms with Gasteiger partial charge in [-0.25, -0.2) is 0 Å². The normalized spacial score (nSPS) is 30.9. The van der Waals surface area contributed by atoms with Crippen molar-refractivity contribution in [2.75, 3.05) is 9.80 Å². The fourth-order valence-electron chi connectivity index (χ4n) is 13.6. The summed E-state index contributed by atoms with van der Waals surface area (Å²) < 4.78 is 2.24. The second kappa shape index (κ2) is 16.9. The van der Waals surface area contributed by atoms with Crippen LogP contribution in [-0.2, 0) is 22.7 Å². The lowest BCUT2D eigenvalue weighted by atomic mass is 9.58. The molecule has 5 aromatic rings. The number of hydrogen-bond donors (Lipinski definition) is 0. The van der Waals surface area contributed by atoms with E-state index in [2.05, 4.69) is 207 Å². The van der Waals surface area contributed by atoms with E-state index in [1.807, 2.05) is 6.07 Å². The maximum atomic E-state index is 3.38. The molecular weight excluding hydrogens is 999 g/mol. The third-order valence-corrected chi connectivity index (χ3v) is 18.5. The van der Waals surface area contributed by atoms with E-state index in [9.17, 15) is 0 Å². The molecule has 0 aromatic heterocycles. The van der Waals surface area contributed by atoms with Gasteiger partial charge in [0, 0.05) is 53.4 Å². The van der Waals surface area contributed by atoms with E-state index < -0.39 is 0 Å². The first-order valence-corrected chi connectivity index (χ1v) is 24.9. The SMILES string of the molecule is CC12C[CH+]CCC1(C)c1ccccc1C2.Cc1cc(Br)cc(Br)c1.Cc1cc(N2c3ccccc3C3(C)CCCCC23C)cc(N2c3ccccc3C3(C)CCCCC23C)c1.I. The molecule has 2 nitrogen and oxygen atoms in total. The van der Waals surface area contributed by atoms with Crippen molar-refractivity contribution >= 4 is 78.6 Å². The van der Waals surface area contributed by atoms with Crippen molar-refractivity contribution < 1.29 is 0 Å². The van der Waals surface area contributed by atoms with E-state index in [4.69, 9.17) is 0 Å². The van der Waals surface area contributed by atoms with E-state index in [0.717, 1.165) is 8.95 Å². The number of nitrogens with zero attached hydrogens (tertiary/aromatic N) is 2. The Bertz CT molecular complexity index is 2310. The van der Waals surface area contributed by atoms with Gasteiger partial charge in [0.15, 0.2) is 0 Å². The van der Waals surface area contributed by atoms with Crippen molar-refractivity contribution in [3.8, 4) is 0 Å². The zero-order valence-corrected chi connectivity index (χ0v) is 44.0. The van der Waals surface area contributed by atoms with Gasteiger partial charge < -0.3 is 9.80 Å². The molecule has 326 valence electrons. The zero-order valence-electron chi connectivity index (χ0n) is 38.5. The molecule has 11 rings (SSSR count). The quantitative estimate of drug-likeness (QED) is 0.128. The number of fused-ring (bicyclic) bond motifs is 9. The fourth-order valence-corrected chi connectivity index (χ4v) is 15.1. The molecule has 5 aromatic carbocycles. The van der Waals surface area contributed by atoms with Crippen LogP contribution in [0.15, 0.2) is 118 Å². The molecule has 0 bridgehead atoms. The highest BCUT2D eigenvalue weighted by Crippen LogP contribution is 2.64. The summed E-state index contributed by atoms with van der Waals surface area (Å²) in [5.74, 6) is 0. The van der Waals surface area contributed by atoms with Crippen LogP contribution in [0.1, 0.15) is 146 Å². The first-order chi connectivity index (χ1) is 29.1. The van der Waals surface area contributed by atoms with Gasteiger partial charge in [-0.1, -0.05) is 146 Å². The lowest BCUT2D eigenvalue weighted by Gasteiger charge is -2.51. The highest BCUT2D eigenvalue weighted by Gasteiger charge is 2.60. The Labute approximate surface area is 408 Å². The van der Waals surface area contributed by atoms with Gasteiger partial charge in [0.25, 0.3) is 0 Å². The number of benzene rings is 5. The maximum Gasteiger partial charge on any atom is 0.0940 e. The van der Waals surface area contributed by atoms with E-state index >= 15 is 0 Å². The Morgan fingerprint density at radius 2 is 0.952 bits per heavy atom. The van der Waals surface area contributed by atoms with Gasteiger partial charge in [-0.15, -0.1) is 24.0 Å². The molecule has 6 atom stereocenters. The first-order valence-electron chi connectivity index (χ1n) is 23.3. The third kappa shape index (κ3) is 7.15. The van der Waals surface area contributed by atoms with Gasteiger partial charge in [0.05, 0.1) is 30.3 Å². The average Bonchev–Trinajstić information content (AvgIpc) is 3.69. The molecule has 6 unspecified atom stereocenters. The van der Waals surface area contributed by atoms with E-state index in [-0.39, 0.29) is 45.9 Å². The van der Waals surface area contributed by atoms with Crippen molar-refractivity contribution in [1.29, 1.82) is 0 Å². The predicted octanol–water partition coefficient (Wildman–Crippen LogP) is 17.5. The number of rotatable bonds is 2. The first kappa shape index (κ1) is 45.8. The fraction of sp³-hybridized carbons (Fsp3) is 0.456. The predicted molar refractivity (Wildman–Crippen MR) is 283 cm³/mol. The molecular formula is C57H68Br2IN2+. The van der Waals surface area contributed by atoms with Crippen molar-refractivity contribution in [1.82, 2.24) is 0 Å². The monoisotopic (exact) mass is 1070 g/mol. The molecule has 5 heteroatoms. The molecule has 0 spiro atoms. The Balaban J connectivity index is 0.000000173. The maximum absolute atomic E-state index is 3.38. The van der Waals surface area contributed by atoms with E-state index in [1.54, 1.807) is 22.3 Å². The summed E-state index contributed by atoms with van der Waals surface area (Å²) in [4.78, 5) is 5.48. The zero-order chi connectivity index (χ0) is 43.0. The van der Waals surface area contributed by atoms with Gasteiger partial charge in [-0.05, 0) is 148 Å². The number of hydrogen-bond acceptors (Lipinski definition) is 2. The molecule has 62 heavy (non-hydrogen) atoms. The molecule has 2 heterocycles. The van der Waals surface area contributed by atoms with Crippen LogP contribution in [0.2, 0.25) is 0 Å². The molecule has 0 amide bonds. The summed E-state index contributed by atoms with van der Waals surface area (Å²) in [5.41, 5.74) is 15.9. The number of aryl methyl sites for hydroxylation is 2. The minimum absolute atomic E-state index is 0. The summed E-state index contributed by atoms with van der Waals surface area (Å²) in [6.07, 6.45) is 18.0. The average molecular weight is 1070 g/mol. The largest absolute Gasteiger partial charge is 0.334 e. The molecule has 3 saturated carbocycles. The minimum atomic E-state index is 0. The molecule has 2 aliphatic heterocycles. The summed E-state index contributed by atoms with van der Waals surface area (Å²) in [7, 11) is 0. The molecule has 6 aliphatic rings. The molecule has 3 fully saturated rings. The van der Waals surface area contributed by atoms with Crippen LogP contribution < -0.4 is 9.80 Å². The lowest BCUT2D eigenvalue weighted by molar-refractivity contribution is 0.136. The summed E-state index contributed by atoms with van der Waals surface area (Å²) in [5, 5.41) is 0. The van der Waals surface area contributed by atoms with E-state index in [0.29, 0.717) is 10.8 Å². The lowest BCUT2D eigenvalue weighted by Crippen LogP contribution is -2.55. The molecule has 0 N–H and O–H groups in total. The van der Waals surface area contributed by atoms with Crippen LogP contribution in [0, 0.1) is 25.7 Å². The smallest absolute Gasteiger partial charge is 0.0940 e. The summed E-state index contributed by atoms with van der Waals surface area (Å²) >= 11 is 6.77. The van der Waals surface area contributed by atoms with Gasteiger partial charge in [-0.3, -0.25) is 0 Å². The number of para-hydroxylation sites is 2. The van der Waals surface area contributed by atoms with Crippen LogP contribution in [0.3, 0.4) is 0 Å². The van der Waals surface area contributed by atoms with Crippen molar-refractivity contribution in [2.45, 2.75) is 160 Å². The van der Waals surface area contributed by atoms with Crippen LogP contribution in [-0.4, -0.2) is 11.1 Å². The molecule has 0 saturated heterocycles. The van der Waals surface area contributed by atoms with Crippen LogP contribution in [0.4, 0.5) is 22.7 Å². The van der Waals surface area contributed by atoms with Gasteiger partial charge in [0.2, 0.25) is 0 Å². The van der Waals surface area contributed by atoms with Crippen molar-refractivity contribution in [3.63, 3.8) is 0 Å². The van der Waals surface area contributed by atoms with Crippen LogP contribution >= 0.6 is 55.8 Å². The van der Waals surface area contributed by atoms with E-state index in [1.165, 1.54) is 111 Å². The Morgan fingerprint density at radius 1 is 0.500 bits per heavy atom. The van der Waals surface area contributed by atoms with Crippen LogP contribution in [0.5, 0.6) is 0 Å². The minimum Gasteiger partial charge on any atom is -0.334 e. The Hall–Kier alpha value is -2.74. The van der Waals surface area contributed by atoms with Gasteiger partial charge >= 0.3 is 0 Å². The topological polar surface area (TPSA) is 6.48 Å². The van der Waals surface area contributed by atoms with Crippen LogP contribution in [0.25, 0.3) is 0 Å². The Kier molecular flexibility index (Phi) is 12.5. The summed E-state index contributed by atoms with van der Waals surface area (Å²) in [6.45, 7) is 19.5. The standard InChI is InChI=1S/C35H42N2.C15H19.C7H6Br2.HI/c1-25-22-26(36-30-16-8-6-14-28(30)32(2)18-10-12-20-34(32,36)4)24-27(23-25)37-31-17-9-7-15-29(31)33(3)19-11-13-21-35(33,37)5;1-14-9-5-6-10-15(14,2)13-8-4-3-7-12(13)11-14;1-5-2-6(8)4-7(9)3-5;/h6-9,14-17,22-24H,10-13,18-21H2,1-5H3;3-5,7-8H,6,9-11H2,1-2H3;2-4H,1H3;1H/q;+1;;. The van der Waals surface area contributed by atoms with Crippen molar-refractivity contribution in [3.05, 3.63) is 158 Å². The number of halogens is 3. The highest BCUT2D eigenvalue weighted by molar-refractivity contribution is 14.0. The second-order valence-electron chi connectivity index (χ2n) is 21.1. The second-order valence-corrected chi connectivity index (χ2v) is 22.9. The Morgan fingerprint density at radius 3 is 1.47 bits per heavy atom. The highest BCUT2D eigenvalue weighted by atomic mass is 127. The third-order valence-electron chi connectivity index (χ3n) is 17.6. The number of anilines is 4. The summed E-state index contributed by atoms with van der Waals surface area (Å²) in [6, 6.07) is 41.2. The molecule has 0 radical (unpaired) electrons.